The highest BCUT2D eigenvalue weighted by atomic mass is 35.5. The summed E-state index contributed by atoms with van der Waals surface area (Å²) in [7, 11) is 0. The second-order valence-corrected chi connectivity index (χ2v) is 8.27. The Hall–Kier alpha value is -2.44. The molecule has 1 aliphatic heterocycles. The Morgan fingerprint density at radius 2 is 1.83 bits per heavy atom. The number of thioether (sulfide) groups is 1. The van der Waals surface area contributed by atoms with Crippen LogP contribution in [-0.2, 0) is 11.4 Å². The predicted octanol–water partition coefficient (Wildman–Crippen LogP) is 6.07. The number of hydrogen-bond donors (Lipinski definition) is 0. The third-order valence-electron chi connectivity index (χ3n) is 4.45. The number of ether oxygens (including phenoxy) is 2. The molecule has 0 saturated carbocycles. The fraction of sp³-hybridized carbons (Fsp3) is 0.304. The molecule has 30 heavy (non-hydrogen) atoms. The minimum atomic E-state index is -0.277. The Kier molecular flexibility index (Phi) is 7.45. The van der Waals surface area contributed by atoms with Gasteiger partial charge < -0.3 is 9.47 Å². The third kappa shape index (κ3) is 5.18. The van der Waals surface area contributed by atoms with Gasteiger partial charge in [-0.25, -0.2) is 0 Å². The lowest BCUT2D eigenvalue weighted by Gasteiger charge is -2.15. The Bertz CT molecular complexity index is 972. The first kappa shape index (κ1) is 22.2. The largest absolute Gasteiger partial charge is 0.490 e. The number of amides is 2. The van der Waals surface area contributed by atoms with Crippen LogP contribution < -0.4 is 9.47 Å². The average Bonchev–Trinajstić information content (AvgIpc) is 2.97. The monoisotopic (exact) mass is 445 g/mol. The molecule has 1 saturated heterocycles. The topological polar surface area (TPSA) is 55.8 Å². The number of hydrogen-bond acceptors (Lipinski definition) is 5. The van der Waals surface area contributed by atoms with Crippen molar-refractivity contribution in [2.45, 2.75) is 33.8 Å². The molecule has 5 nitrogen and oxygen atoms in total. The van der Waals surface area contributed by atoms with Crippen LogP contribution in [0.3, 0.4) is 0 Å². The Morgan fingerprint density at radius 3 is 2.50 bits per heavy atom. The van der Waals surface area contributed by atoms with Gasteiger partial charge in [-0.1, -0.05) is 48.4 Å². The summed E-state index contributed by atoms with van der Waals surface area (Å²) in [5.74, 6) is 0.673. The molecule has 0 aromatic heterocycles. The van der Waals surface area contributed by atoms with Crippen LogP contribution >= 0.6 is 23.4 Å². The molecule has 3 rings (SSSR count). The van der Waals surface area contributed by atoms with Gasteiger partial charge in [0.25, 0.3) is 11.1 Å². The van der Waals surface area contributed by atoms with Crippen LogP contribution in [0.25, 0.3) is 6.08 Å². The van der Waals surface area contributed by atoms with E-state index < -0.39 is 0 Å². The van der Waals surface area contributed by atoms with Crippen LogP contribution in [0, 0.1) is 6.92 Å². The van der Waals surface area contributed by atoms with E-state index in [1.165, 1.54) is 10.5 Å². The summed E-state index contributed by atoms with van der Waals surface area (Å²) in [6.07, 6.45) is 2.39. The number of rotatable bonds is 8. The molecule has 0 N–H and O–H groups in total. The summed E-state index contributed by atoms with van der Waals surface area (Å²) in [6, 6.07) is 11.5. The molecule has 0 unspecified atom stereocenters. The molecule has 1 aliphatic rings. The zero-order valence-electron chi connectivity index (χ0n) is 17.2. The normalized spacial score (nSPS) is 15.2. The second-order valence-electron chi connectivity index (χ2n) is 6.87. The van der Waals surface area contributed by atoms with Crippen molar-refractivity contribution in [1.29, 1.82) is 0 Å². The first-order valence-electron chi connectivity index (χ1n) is 9.83. The van der Waals surface area contributed by atoms with E-state index in [1.807, 2.05) is 45.0 Å². The molecule has 0 aliphatic carbocycles. The van der Waals surface area contributed by atoms with Gasteiger partial charge in [-0.2, -0.15) is 0 Å². The molecule has 2 aromatic rings. The average molecular weight is 446 g/mol. The predicted molar refractivity (Wildman–Crippen MR) is 121 cm³/mol. The van der Waals surface area contributed by atoms with Crippen LogP contribution in [0.5, 0.6) is 11.5 Å². The lowest BCUT2D eigenvalue weighted by atomic mass is 10.1. The lowest BCUT2D eigenvalue weighted by molar-refractivity contribution is -0.122. The molecule has 1 fully saturated rings. The Balaban J connectivity index is 1.85. The van der Waals surface area contributed by atoms with Gasteiger partial charge in [0.2, 0.25) is 0 Å². The van der Waals surface area contributed by atoms with Gasteiger partial charge in [0.15, 0.2) is 11.5 Å². The number of nitrogens with zero attached hydrogens (tertiary/aromatic N) is 1. The Labute approximate surface area is 186 Å². The van der Waals surface area contributed by atoms with Gasteiger partial charge in [-0.15, -0.1) is 0 Å². The summed E-state index contributed by atoms with van der Waals surface area (Å²) in [6.45, 7) is 7.04. The summed E-state index contributed by atoms with van der Waals surface area (Å²) < 4.78 is 11.7. The third-order valence-corrected chi connectivity index (χ3v) is 5.64. The van der Waals surface area contributed by atoms with E-state index in [2.05, 4.69) is 0 Å². The van der Waals surface area contributed by atoms with Crippen molar-refractivity contribution < 1.29 is 19.1 Å². The van der Waals surface area contributed by atoms with E-state index in [4.69, 9.17) is 21.1 Å². The minimum absolute atomic E-state index is 0.248. The first-order valence-corrected chi connectivity index (χ1v) is 11.0. The van der Waals surface area contributed by atoms with E-state index in [-0.39, 0.29) is 11.1 Å². The van der Waals surface area contributed by atoms with Crippen LogP contribution in [0.1, 0.15) is 37.0 Å². The van der Waals surface area contributed by atoms with Gasteiger partial charge in [-0.05, 0) is 61.4 Å². The van der Waals surface area contributed by atoms with E-state index in [9.17, 15) is 9.59 Å². The van der Waals surface area contributed by atoms with Crippen molar-refractivity contribution >= 4 is 40.6 Å². The highest BCUT2D eigenvalue weighted by molar-refractivity contribution is 8.18. The van der Waals surface area contributed by atoms with Gasteiger partial charge in [0.05, 0.1) is 16.5 Å². The summed E-state index contributed by atoms with van der Waals surface area (Å²) in [5, 5.41) is 0.134. The molecule has 2 aromatic carbocycles. The molecule has 0 atom stereocenters. The fourth-order valence-electron chi connectivity index (χ4n) is 2.98. The van der Waals surface area contributed by atoms with E-state index in [0.717, 1.165) is 23.7 Å². The lowest BCUT2D eigenvalue weighted by Crippen LogP contribution is -2.28. The standard InChI is InChI=1S/C23H24ClNO4S/c1-4-10-25-22(26)20(30-23(25)27)13-17-11-18(24)21(19(12-17)28-5-2)29-14-16-8-6-15(3)7-9-16/h6-9,11-13H,4-5,10,14H2,1-3H3/b20-13+. The van der Waals surface area contributed by atoms with Gasteiger partial charge in [-0.3, -0.25) is 14.5 Å². The highest BCUT2D eigenvalue weighted by Gasteiger charge is 2.34. The summed E-state index contributed by atoms with van der Waals surface area (Å²) in [4.78, 5) is 26.2. The molecule has 1 heterocycles. The number of halogens is 1. The van der Waals surface area contributed by atoms with Gasteiger partial charge in [0.1, 0.15) is 6.61 Å². The van der Waals surface area contributed by atoms with Crippen molar-refractivity contribution in [3.8, 4) is 11.5 Å². The summed E-state index contributed by atoms with van der Waals surface area (Å²) in [5.41, 5.74) is 2.88. The maximum absolute atomic E-state index is 12.5. The maximum Gasteiger partial charge on any atom is 0.293 e. The van der Waals surface area contributed by atoms with Crippen molar-refractivity contribution in [2.24, 2.45) is 0 Å². The molecule has 158 valence electrons. The molecular weight excluding hydrogens is 422 g/mol. The van der Waals surface area contributed by atoms with E-state index >= 15 is 0 Å². The maximum atomic E-state index is 12.5. The summed E-state index contributed by atoms with van der Waals surface area (Å²) >= 11 is 7.43. The van der Waals surface area contributed by atoms with Crippen LogP contribution in [0.2, 0.25) is 5.02 Å². The van der Waals surface area contributed by atoms with Gasteiger partial charge >= 0.3 is 0 Å². The fourth-order valence-corrected chi connectivity index (χ4v) is 4.12. The van der Waals surface area contributed by atoms with Crippen LogP contribution in [0.15, 0.2) is 41.3 Å². The zero-order valence-corrected chi connectivity index (χ0v) is 18.8. The van der Waals surface area contributed by atoms with Crippen LogP contribution in [-0.4, -0.2) is 29.2 Å². The minimum Gasteiger partial charge on any atom is -0.490 e. The molecule has 2 amide bonds. The van der Waals surface area contributed by atoms with Crippen molar-refractivity contribution in [2.75, 3.05) is 13.2 Å². The van der Waals surface area contributed by atoms with E-state index in [0.29, 0.717) is 46.7 Å². The molecule has 0 spiro atoms. The van der Waals surface area contributed by atoms with Crippen LogP contribution in [0.4, 0.5) is 4.79 Å². The number of carbonyl (C=O) groups is 2. The van der Waals surface area contributed by atoms with Crippen molar-refractivity contribution in [3.63, 3.8) is 0 Å². The van der Waals surface area contributed by atoms with Gasteiger partial charge in [0, 0.05) is 6.54 Å². The number of benzene rings is 2. The molecule has 7 heteroatoms. The molecule has 0 radical (unpaired) electrons. The smallest absolute Gasteiger partial charge is 0.293 e. The number of imide groups is 1. The Morgan fingerprint density at radius 1 is 1.10 bits per heavy atom. The zero-order chi connectivity index (χ0) is 21.7. The molecular formula is C23H24ClNO4S. The second kappa shape index (κ2) is 10.0. The van der Waals surface area contributed by atoms with E-state index in [1.54, 1.807) is 18.2 Å². The van der Waals surface area contributed by atoms with Crippen molar-refractivity contribution in [3.05, 3.63) is 63.0 Å². The number of carbonyl (C=O) groups excluding carboxylic acids is 2. The molecule has 0 bridgehead atoms. The SMILES string of the molecule is CCCN1C(=O)S/C(=C/c2cc(Cl)c(OCc3ccc(C)cc3)c(OCC)c2)C1=O. The quantitative estimate of drug-likeness (QED) is 0.461. The van der Waals surface area contributed by atoms with Crippen molar-refractivity contribution in [1.82, 2.24) is 4.90 Å². The number of aryl methyl sites for hydroxylation is 1. The highest BCUT2D eigenvalue weighted by Crippen LogP contribution is 2.39. The first-order chi connectivity index (χ1) is 14.4.